The van der Waals surface area contributed by atoms with Crippen molar-refractivity contribution in [2.75, 3.05) is 12.0 Å². The summed E-state index contributed by atoms with van der Waals surface area (Å²) in [6, 6.07) is 1.74. The predicted octanol–water partition coefficient (Wildman–Crippen LogP) is -0.459. The van der Waals surface area contributed by atoms with Gasteiger partial charge in [0.2, 0.25) is 0 Å². The maximum absolute atomic E-state index is 11.4. The molecule has 0 saturated heterocycles. The molecule has 0 saturated carbocycles. The number of nitrogen functional groups attached to an aromatic ring is 1. The second-order valence-electron chi connectivity index (χ2n) is 3.08. The zero-order valence-electron chi connectivity index (χ0n) is 8.16. The molecule has 1 heterocycles. The molecular formula is C8H9N3O3S. The van der Waals surface area contributed by atoms with Crippen LogP contribution in [0, 0.1) is 18.3 Å². The molecule has 80 valence electrons. The first-order chi connectivity index (χ1) is 6.79. The summed E-state index contributed by atoms with van der Waals surface area (Å²) in [6.45, 7) is 1.38. The van der Waals surface area contributed by atoms with Crippen LogP contribution in [-0.2, 0) is 9.84 Å². The van der Waals surface area contributed by atoms with E-state index in [1.165, 1.54) is 6.92 Å². The minimum atomic E-state index is -3.66. The number of anilines is 1. The van der Waals surface area contributed by atoms with Crippen molar-refractivity contribution in [2.24, 2.45) is 0 Å². The highest BCUT2D eigenvalue weighted by atomic mass is 32.2. The molecule has 0 fully saturated rings. The van der Waals surface area contributed by atoms with Crippen molar-refractivity contribution >= 4 is 15.7 Å². The number of rotatable bonds is 1. The summed E-state index contributed by atoms with van der Waals surface area (Å²) < 4.78 is 22.6. The van der Waals surface area contributed by atoms with Crippen LogP contribution < -0.4 is 11.3 Å². The molecule has 3 N–H and O–H groups in total. The number of nitrogens with one attached hydrogen (secondary N) is 1. The second-order valence-corrected chi connectivity index (χ2v) is 5.03. The summed E-state index contributed by atoms with van der Waals surface area (Å²) in [5.41, 5.74) is 4.64. The molecule has 1 aromatic heterocycles. The van der Waals surface area contributed by atoms with Crippen molar-refractivity contribution in [3.63, 3.8) is 0 Å². The highest BCUT2D eigenvalue weighted by molar-refractivity contribution is 7.90. The van der Waals surface area contributed by atoms with E-state index in [1.54, 1.807) is 6.07 Å². The molecule has 0 bridgehead atoms. The van der Waals surface area contributed by atoms with E-state index in [-0.39, 0.29) is 16.9 Å². The predicted molar refractivity (Wildman–Crippen MR) is 54.0 cm³/mol. The Morgan fingerprint density at radius 3 is 2.40 bits per heavy atom. The Kier molecular flexibility index (Phi) is 2.55. The average molecular weight is 227 g/mol. The smallest absolute Gasteiger partial charge is 0.268 e. The van der Waals surface area contributed by atoms with Gasteiger partial charge in [0.25, 0.3) is 5.56 Å². The van der Waals surface area contributed by atoms with E-state index in [1.807, 2.05) is 0 Å². The zero-order valence-corrected chi connectivity index (χ0v) is 8.97. The molecule has 0 aliphatic heterocycles. The number of nitrogens with two attached hydrogens (primary N) is 1. The summed E-state index contributed by atoms with van der Waals surface area (Å²) in [4.78, 5) is 13.1. The van der Waals surface area contributed by atoms with Crippen LogP contribution in [-0.4, -0.2) is 19.7 Å². The second kappa shape index (κ2) is 3.40. The van der Waals surface area contributed by atoms with Crippen LogP contribution in [0.4, 0.5) is 5.82 Å². The van der Waals surface area contributed by atoms with E-state index in [9.17, 15) is 13.2 Å². The fourth-order valence-electron chi connectivity index (χ4n) is 1.32. The fraction of sp³-hybridized carbons (Fsp3) is 0.250. The number of hydrogen-bond donors (Lipinski definition) is 2. The molecule has 15 heavy (non-hydrogen) atoms. The Morgan fingerprint density at radius 1 is 1.47 bits per heavy atom. The summed E-state index contributed by atoms with van der Waals surface area (Å²) in [5.74, 6) is -0.118. The summed E-state index contributed by atoms with van der Waals surface area (Å²) in [7, 11) is -3.66. The van der Waals surface area contributed by atoms with Crippen molar-refractivity contribution in [1.82, 2.24) is 4.98 Å². The molecule has 0 aliphatic carbocycles. The van der Waals surface area contributed by atoms with Gasteiger partial charge in [-0.3, -0.25) is 4.79 Å². The molecule has 7 heteroatoms. The van der Waals surface area contributed by atoms with Gasteiger partial charge in [-0.05, 0) is 12.5 Å². The lowest BCUT2D eigenvalue weighted by molar-refractivity contribution is 0.600. The van der Waals surface area contributed by atoms with E-state index >= 15 is 0 Å². The van der Waals surface area contributed by atoms with Gasteiger partial charge < -0.3 is 10.7 Å². The summed E-state index contributed by atoms with van der Waals surface area (Å²) in [6.07, 6.45) is 0.905. The third kappa shape index (κ3) is 1.85. The van der Waals surface area contributed by atoms with Crippen molar-refractivity contribution in [1.29, 1.82) is 5.26 Å². The van der Waals surface area contributed by atoms with Gasteiger partial charge in [0.05, 0.1) is 5.56 Å². The summed E-state index contributed by atoms with van der Waals surface area (Å²) >= 11 is 0. The first kappa shape index (κ1) is 11.3. The van der Waals surface area contributed by atoms with Crippen LogP contribution in [0.25, 0.3) is 0 Å². The Hall–Kier alpha value is -1.81. The topological polar surface area (TPSA) is 117 Å². The van der Waals surface area contributed by atoms with Crippen LogP contribution >= 0.6 is 0 Å². The maximum Gasteiger partial charge on any atom is 0.268 e. The molecule has 0 spiro atoms. The number of nitrogens with zero attached hydrogens (tertiary/aromatic N) is 1. The largest absolute Gasteiger partial charge is 0.384 e. The molecule has 0 amide bonds. The van der Waals surface area contributed by atoms with E-state index in [0.717, 1.165) is 6.26 Å². The molecule has 0 radical (unpaired) electrons. The zero-order chi connectivity index (χ0) is 11.8. The van der Waals surface area contributed by atoms with Crippen LogP contribution in [0.5, 0.6) is 0 Å². The first-order valence-electron chi connectivity index (χ1n) is 3.91. The minimum absolute atomic E-state index is 0.0185. The van der Waals surface area contributed by atoms with E-state index in [4.69, 9.17) is 11.0 Å². The number of sulfone groups is 1. The van der Waals surface area contributed by atoms with Crippen molar-refractivity contribution in [2.45, 2.75) is 11.8 Å². The number of hydrogen-bond acceptors (Lipinski definition) is 5. The number of pyridine rings is 1. The highest BCUT2D eigenvalue weighted by Gasteiger charge is 2.20. The summed E-state index contributed by atoms with van der Waals surface area (Å²) in [5, 5.41) is 8.73. The van der Waals surface area contributed by atoms with E-state index in [0.29, 0.717) is 0 Å². The molecular weight excluding hydrogens is 218 g/mol. The van der Waals surface area contributed by atoms with Gasteiger partial charge in [0.15, 0.2) is 9.84 Å². The van der Waals surface area contributed by atoms with Crippen LogP contribution in [0.15, 0.2) is 9.69 Å². The Morgan fingerprint density at radius 2 is 2.00 bits per heavy atom. The van der Waals surface area contributed by atoms with Crippen molar-refractivity contribution in [3.8, 4) is 6.07 Å². The molecule has 6 nitrogen and oxygen atoms in total. The molecule has 1 rings (SSSR count). The highest BCUT2D eigenvalue weighted by Crippen LogP contribution is 2.17. The van der Waals surface area contributed by atoms with Gasteiger partial charge in [0, 0.05) is 6.26 Å². The lowest BCUT2D eigenvalue weighted by Crippen LogP contribution is -2.21. The third-order valence-electron chi connectivity index (χ3n) is 1.92. The first-order valence-corrected chi connectivity index (χ1v) is 5.80. The Bertz CT molecular complexity index is 607. The van der Waals surface area contributed by atoms with Gasteiger partial charge >= 0.3 is 0 Å². The van der Waals surface area contributed by atoms with Gasteiger partial charge in [-0.1, -0.05) is 0 Å². The number of aromatic amines is 1. The van der Waals surface area contributed by atoms with Crippen LogP contribution in [0.1, 0.15) is 11.1 Å². The van der Waals surface area contributed by atoms with Gasteiger partial charge in [0.1, 0.15) is 16.8 Å². The molecule has 0 aromatic carbocycles. The SMILES string of the molecule is Cc1c(C#N)c(N)[nH]c(=O)c1S(C)(=O)=O. The minimum Gasteiger partial charge on any atom is -0.384 e. The normalized spacial score (nSPS) is 11.0. The average Bonchev–Trinajstić information content (AvgIpc) is 2.00. The van der Waals surface area contributed by atoms with Crippen molar-refractivity contribution < 1.29 is 8.42 Å². The lowest BCUT2D eigenvalue weighted by atomic mass is 10.1. The molecule has 0 atom stereocenters. The number of nitriles is 1. The molecule has 0 aliphatic rings. The maximum atomic E-state index is 11.4. The monoisotopic (exact) mass is 227 g/mol. The van der Waals surface area contributed by atoms with Crippen molar-refractivity contribution in [3.05, 3.63) is 21.5 Å². The Balaban J connectivity index is 3.87. The van der Waals surface area contributed by atoms with Gasteiger partial charge in [-0.15, -0.1) is 0 Å². The van der Waals surface area contributed by atoms with E-state index in [2.05, 4.69) is 4.98 Å². The lowest BCUT2D eigenvalue weighted by Gasteiger charge is -2.06. The fourth-order valence-corrected chi connectivity index (χ4v) is 2.36. The quantitative estimate of drug-likeness (QED) is 0.673. The molecule has 0 unspecified atom stereocenters. The third-order valence-corrected chi connectivity index (χ3v) is 3.16. The van der Waals surface area contributed by atoms with E-state index < -0.39 is 20.3 Å². The van der Waals surface area contributed by atoms with Crippen LogP contribution in [0.2, 0.25) is 0 Å². The number of aromatic nitrogens is 1. The Labute approximate surface area is 86.3 Å². The van der Waals surface area contributed by atoms with Gasteiger partial charge in [-0.2, -0.15) is 5.26 Å². The standard InChI is InChI=1S/C8H9N3O3S/c1-4-5(3-9)7(10)11-8(12)6(4)15(2,13)14/h1-2H3,(H3,10,11,12). The molecule has 1 aromatic rings. The van der Waals surface area contributed by atoms with Crippen LogP contribution in [0.3, 0.4) is 0 Å². The van der Waals surface area contributed by atoms with Gasteiger partial charge in [-0.25, -0.2) is 8.42 Å². The number of H-pyrrole nitrogens is 1.